The highest BCUT2D eigenvalue weighted by Gasteiger charge is 2.10. The normalized spacial score (nSPS) is 11.7. The Morgan fingerprint density at radius 2 is 2.18 bits per heavy atom. The molecule has 2 aromatic heterocycles. The Bertz CT molecular complexity index is 471. The second-order valence-electron chi connectivity index (χ2n) is 4.83. The van der Waals surface area contributed by atoms with E-state index in [9.17, 15) is 0 Å². The van der Waals surface area contributed by atoms with E-state index in [1.54, 1.807) is 12.4 Å². The summed E-state index contributed by atoms with van der Waals surface area (Å²) >= 11 is 0. The Kier molecular flexibility index (Phi) is 3.14. The molecule has 2 aromatic rings. The Morgan fingerprint density at radius 1 is 1.35 bits per heavy atom. The highest BCUT2D eigenvalue weighted by Crippen LogP contribution is 2.09. The van der Waals surface area contributed by atoms with Crippen molar-refractivity contribution in [3.8, 4) is 11.5 Å². The van der Waals surface area contributed by atoms with Crippen LogP contribution < -0.4 is 5.32 Å². The van der Waals surface area contributed by atoms with Gasteiger partial charge in [-0.05, 0) is 26.8 Å². The van der Waals surface area contributed by atoms with E-state index in [1.807, 2.05) is 6.07 Å². The van der Waals surface area contributed by atoms with Crippen LogP contribution in [0.1, 0.15) is 26.5 Å². The molecule has 2 N–H and O–H groups in total. The molecular formula is C11H16N6. The monoisotopic (exact) mass is 232 g/mol. The number of H-pyrrole nitrogens is 1. The number of nitrogens with one attached hydrogen (secondary N) is 2. The molecule has 0 amide bonds. The zero-order chi connectivity index (χ0) is 12.3. The molecule has 6 heteroatoms. The van der Waals surface area contributed by atoms with Crippen LogP contribution in [0.5, 0.6) is 0 Å². The van der Waals surface area contributed by atoms with E-state index in [1.165, 1.54) is 0 Å². The predicted octanol–water partition coefficient (Wildman–Crippen LogP) is 1.15. The minimum atomic E-state index is 0.0685. The summed E-state index contributed by atoms with van der Waals surface area (Å²) in [6, 6.07) is 1.89. The topological polar surface area (TPSA) is 79.4 Å². The number of aromatic amines is 1. The lowest BCUT2D eigenvalue weighted by Crippen LogP contribution is -2.35. The first-order valence-electron chi connectivity index (χ1n) is 5.48. The Morgan fingerprint density at radius 3 is 2.82 bits per heavy atom. The zero-order valence-corrected chi connectivity index (χ0v) is 10.2. The van der Waals surface area contributed by atoms with Crippen LogP contribution in [-0.4, -0.2) is 30.9 Å². The van der Waals surface area contributed by atoms with Gasteiger partial charge in [-0.3, -0.25) is 0 Å². The largest absolute Gasteiger partial charge is 0.306 e. The fraction of sp³-hybridized carbons (Fsp3) is 0.455. The molecule has 17 heavy (non-hydrogen) atoms. The molecule has 90 valence electrons. The van der Waals surface area contributed by atoms with Crippen LogP contribution in [0.15, 0.2) is 18.5 Å². The molecule has 0 aliphatic carbocycles. The highest BCUT2D eigenvalue weighted by atomic mass is 15.3. The third-order valence-corrected chi connectivity index (χ3v) is 2.16. The van der Waals surface area contributed by atoms with Crippen molar-refractivity contribution in [2.45, 2.75) is 32.9 Å². The van der Waals surface area contributed by atoms with Crippen molar-refractivity contribution in [1.29, 1.82) is 0 Å². The van der Waals surface area contributed by atoms with E-state index in [0.29, 0.717) is 18.1 Å². The van der Waals surface area contributed by atoms with Gasteiger partial charge in [-0.15, -0.1) is 0 Å². The maximum absolute atomic E-state index is 4.42. The molecule has 0 saturated heterocycles. The Labute approximate surface area is 99.9 Å². The second kappa shape index (κ2) is 4.58. The molecule has 6 nitrogen and oxygen atoms in total. The van der Waals surface area contributed by atoms with Gasteiger partial charge in [0.25, 0.3) is 0 Å². The quantitative estimate of drug-likeness (QED) is 0.829. The van der Waals surface area contributed by atoms with E-state index >= 15 is 0 Å². The van der Waals surface area contributed by atoms with Gasteiger partial charge >= 0.3 is 0 Å². The van der Waals surface area contributed by atoms with Gasteiger partial charge in [-0.2, -0.15) is 15.4 Å². The van der Waals surface area contributed by atoms with Gasteiger partial charge in [-0.1, -0.05) is 0 Å². The molecule has 0 spiro atoms. The minimum Gasteiger partial charge on any atom is -0.306 e. The first kappa shape index (κ1) is 11.7. The summed E-state index contributed by atoms with van der Waals surface area (Å²) in [4.78, 5) is 8.59. The summed E-state index contributed by atoms with van der Waals surface area (Å²) in [5.74, 6) is 0.590. The fourth-order valence-electron chi connectivity index (χ4n) is 1.28. The molecule has 0 bridgehead atoms. The summed E-state index contributed by atoms with van der Waals surface area (Å²) in [5, 5.41) is 13.6. The van der Waals surface area contributed by atoms with Crippen LogP contribution in [-0.2, 0) is 6.54 Å². The van der Waals surface area contributed by atoms with E-state index in [-0.39, 0.29) is 5.54 Å². The molecule has 0 unspecified atom stereocenters. The van der Waals surface area contributed by atoms with Crippen molar-refractivity contribution in [3.63, 3.8) is 0 Å². The maximum Gasteiger partial charge on any atom is 0.181 e. The number of hydrogen-bond acceptors (Lipinski definition) is 5. The van der Waals surface area contributed by atoms with Crippen LogP contribution in [0.4, 0.5) is 0 Å². The van der Waals surface area contributed by atoms with Gasteiger partial charge in [0, 0.05) is 18.3 Å². The molecular weight excluding hydrogens is 216 g/mol. The molecule has 0 saturated carbocycles. The fourth-order valence-corrected chi connectivity index (χ4v) is 1.28. The molecule has 0 atom stereocenters. The van der Waals surface area contributed by atoms with Crippen molar-refractivity contribution in [2.24, 2.45) is 0 Å². The molecule has 0 aromatic carbocycles. The maximum atomic E-state index is 4.42. The SMILES string of the molecule is CC(C)(C)NCc1ccnc(-c2cn[nH]n2)n1. The standard InChI is InChI=1S/C11H16N6/c1-11(2,3)13-6-8-4-5-12-10(15-8)9-7-14-17-16-9/h4-5,7,13H,6H2,1-3H3,(H,14,16,17). The third kappa shape index (κ3) is 3.32. The smallest absolute Gasteiger partial charge is 0.181 e. The van der Waals surface area contributed by atoms with Gasteiger partial charge in [0.05, 0.1) is 11.9 Å². The summed E-state index contributed by atoms with van der Waals surface area (Å²) in [7, 11) is 0. The lowest BCUT2D eigenvalue weighted by Gasteiger charge is -2.20. The summed E-state index contributed by atoms with van der Waals surface area (Å²) in [6.07, 6.45) is 3.34. The van der Waals surface area contributed by atoms with E-state index in [0.717, 1.165) is 5.69 Å². The Hall–Kier alpha value is -1.82. The molecule has 2 heterocycles. The molecule has 0 fully saturated rings. The number of rotatable bonds is 3. The number of aromatic nitrogens is 5. The summed E-state index contributed by atoms with van der Waals surface area (Å²) < 4.78 is 0. The first-order valence-corrected chi connectivity index (χ1v) is 5.48. The number of nitrogens with zero attached hydrogens (tertiary/aromatic N) is 4. The highest BCUT2D eigenvalue weighted by molar-refractivity contribution is 5.45. The molecule has 0 aliphatic heterocycles. The lowest BCUT2D eigenvalue weighted by molar-refractivity contribution is 0.421. The van der Waals surface area contributed by atoms with Gasteiger partial charge in [0.15, 0.2) is 5.82 Å². The molecule has 2 rings (SSSR count). The minimum absolute atomic E-state index is 0.0685. The van der Waals surface area contributed by atoms with E-state index < -0.39 is 0 Å². The van der Waals surface area contributed by atoms with Gasteiger partial charge in [0.1, 0.15) is 5.69 Å². The van der Waals surface area contributed by atoms with E-state index in [4.69, 9.17) is 0 Å². The second-order valence-corrected chi connectivity index (χ2v) is 4.83. The van der Waals surface area contributed by atoms with Gasteiger partial charge in [0.2, 0.25) is 0 Å². The van der Waals surface area contributed by atoms with Crippen molar-refractivity contribution in [2.75, 3.05) is 0 Å². The third-order valence-electron chi connectivity index (χ3n) is 2.16. The molecule has 0 radical (unpaired) electrons. The first-order chi connectivity index (χ1) is 8.04. The van der Waals surface area contributed by atoms with Crippen LogP contribution in [0, 0.1) is 0 Å². The van der Waals surface area contributed by atoms with Crippen LogP contribution in [0.25, 0.3) is 11.5 Å². The lowest BCUT2D eigenvalue weighted by atomic mass is 10.1. The van der Waals surface area contributed by atoms with Gasteiger partial charge < -0.3 is 5.32 Å². The van der Waals surface area contributed by atoms with Crippen LogP contribution >= 0.6 is 0 Å². The average molecular weight is 232 g/mol. The van der Waals surface area contributed by atoms with Crippen molar-refractivity contribution < 1.29 is 0 Å². The Balaban J connectivity index is 2.12. The van der Waals surface area contributed by atoms with Gasteiger partial charge in [-0.25, -0.2) is 9.97 Å². The van der Waals surface area contributed by atoms with Crippen molar-refractivity contribution >= 4 is 0 Å². The van der Waals surface area contributed by atoms with Crippen LogP contribution in [0.2, 0.25) is 0 Å². The predicted molar refractivity (Wildman–Crippen MR) is 64.0 cm³/mol. The molecule has 0 aliphatic rings. The average Bonchev–Trinajstić information content (AvgIpc) is 2.79. The van der Waals surface area contributed by atoms with Crippen LogP contribution in [0.3, 0.4) is 0 Å². The summed E-state index contributed by atoms with van der Waals surface area (Å²) in [5.41, 5.74) is 1.66. The summed E-state index contributed by atoms with van der Waals surface area (Å²) in [6.45, 7) is 7.06. The number of hydrogen-bond donors (Lipinski definition) is 2. The van der Waals surface area contributed by atoms with E-state index in [2.05, 4.69) is 51.5 Å². The van der Waals surface area contributed by atoms with Crippen molar-refractivity contribution in [1.82, 2.24) is 30.7 Å². The zero-order valence-electron chi connectivity index (χ0n) is 10.2. The van der Waals surface area contributed by atoms with Crippen molar-refractivity contribution in [3.05, 3.63) is 24.2 Å².